The SMILES string of the molecule is CNC(=O)CNC(C)c1cnn(-c2ccccc2)c1. The number of likely N-dealkylation sites (N-methyl/N-ethyl adjacent to an activating group) is 1. The highest BCUT2D eigenvalue weighted by atomic mass is 16.1. The lowest BCUT2D eigenvalue weighted by Crippen LogP contribution is -2.32. The average Bonchev–Trinajstić information content (AvgIpc) is 2.95. The van der Waals surface area contributed by atoms with Crippen molar-refractivity contribution >= 4 is 5.91 Å². The Morgan fingerprint density at radius 1 is 1.37 bits per heavy atom. The van der Waals surface area contributed by atoms with Gasteiger partial charge in [0.2, 0.25) is 5.91 Å². The molecular formula is C14H18N4O. The highest BCUT2D eigenvalue weighted by Crippen LogP contribution is 2.13. The van der Waals surface area contributed by atoms with E-state index in [9.17, 15) is 4.79 Å². The van der Waals surface area contributed by atoms with E-state index in [1.165, 1.54) is 0 Å². The first-order valence-electron chi connectivity index (χ1n) is 6.24. The van der Waals surface area contributed by atoms with Crippen LogP contribution in [-0.4, -0.2) is 29.3 Å². The van der Waals surface area contributed by atoms with E-state index in [4.69, 9.17) is 0 Å². The van der Waals surface area contributed by atoms with Crippen molar-refractivity contribution in [3.05, 3.63) is 48.3 Å². The van der Waals surface area contributed by atoms with Crippen LogP contribution in [0, 0.1) is 0 Å². The molecule has 2 aromatic rings. The van der Waals surface area contributed by atoms with Crippen molar-refractivity contribution in [2.24, 2.45) is 0 Å². The quantitative estimate of drug-likeness (QED) is 0.849. The maximum absolute atomic E-state index is 11.2. The first kappa shape index (κ1) is 13.3. The predicted molar refractivity (Wildman–Crippen MR) is 74.0 cm³/mol. The molecule has 0 fully saturated rings. The molecule has 0 saturated heterocycles. The number of para-hydroxylation sites is 1. The molecule has 1 aromatic heterocycles. The Bertz CT molecular complexity index is 535. The fourth-order valence-corrected chi connectivity index (χ4v) is 1.73. The van der Waals surface area contributed by atoms with Gasteiger partial charge in [0.25, 0.3) is 0 Å². The minimum Gasteiger partial charge on any atom is -0.358 e. The molecule has 2 N–H and O–H groups in total. The van der Waals surface area contributed by atoms with Crippen LogP contribution in [0.4, 0.5) is 0 Å². The van der Waals surface area contributed by atoms with Gasteiger partial charge in [0.1, 0.15) is 0 Å². The second-order valence-electron chi connectivity index (χ2n) is 4.33. The van der Waals surface area contributed by atoms with Crippen LogP contribution < -0.4 is 10.6 Å². The van der Waals surface area contributed by atoms with Crippen molar-refractivity contribution in [2.45, 2.75) is 13.0 Å². The van der Waals surface area contributed by atoms with Crippen LogP contribution in [0.3, 0.4) is 0 Å². The fraction of sp³-hybridized carbons (Fsp3) is 0.286. The zero-order chi connectivity index (χ0) is 13.7. The molecule has 1 heterocycles. The molecule has 0 aliphatic heterocycles. The van der Waals surface area contributed by atoms with Gasteiger partial charge in [-0.25, -0.2) is 4.68 Å². The Labute approximate surface area is 112 Å². The minimum absolute atomic E-state index is 0.0256. The molecule has 100 valence electrons. The van der Waals surface area contributed by atoms with Crippen molar-refractivity contribution in [1.82, 2.24) is 20.4 Å². The second-order valence-corrected chi connectivity index (χ2v) is 4.33. The van der Waals surface area contributed by atoms with E-state index >= 15 is 0 Å². The summed E-state index contributed by atoms with van der Waals surface area (Å²) in [7, 11) is 1.63. The van der Waals surface area contributed by atoms with E-state index in [1.807, 2.05) is 54.3 Å². The third-order valence-corrected chi connectivity index (χ3v) is 2.97. The molecule has 0 spiro atoms. The molecule has 1 amide bonds. The largest absolute Gasteiger partial charge is 0.358 e. The van der Waals surface area contributed by atoms with E-state index < -0.39 is 0 Å². The van der Waals surface area contributed by atoms with Crippen molar-refractivity contribution in [1.29, 1.82) is 0 Å². The molecule has 0 bridgehead atoms. The van der Waals surface area contributed by atoms with Gasteiger partial charge in [-0.15, -0.1) is 0 Å². The molecule has 5 nitrogen and oxygen atoms in total. The maximum atomic E-state index is 11.2. The summed E-state index contributed by atoms with van der Waals surface area (Å²) >= 11 is 0. The maximum Gasteiger partial charge on any atom is 0.233 e. The van der Waals surface area contributed by atoms with Crippen LogP contribution in [0.2, 0.25) is 0 Å². The summed E-state index contributed by atoms with van der Waals surface area (Å²) in [5, 5.41) is 10.1. The van der Waals surface area contributed by atoms with Gasteiger partial charge in [-0.3, -0.25) is 4.79 Å². The minimum atomic E-state index is -0.0256. The smallest absolute Gasteiger partial charge is 0.233 e. The van der Waals surface area contributed by atoms with Crippen molar-refractivity contribution in [3.8, 4) is 5.69 Å². The molecule has 2 rings (SSSR count). The molecule has 5 heteroatoms. The Morgan fingerprint density at radius 3 is 2.79 bits per heavy atom. The van der Waals surface area contributed by atoms with Crippen LogP contribution in [-0.2, 0) is 4.79 Å². The summed E-state index contributed by atoms with van der Waals surface area (Å²) in [5.74, 6) is -0.0256. The highest BCUT2D eigenvalue weighted by molar-refractivity contribution is 5.77. The van der Waals surface area contributed by atoms with E-state index in [-0.39, 0.29) is 11.9 Å². The van der Waals surface area contributed by atoms with Crippen LogP contribution in [0.15, 0.2) is 42.7 Å². The van der Waals surface area contributed by atoms with Crippen LogP contribution in [0.25, 0.3) is 5.69 Å². The Hall–Kier alpha value is -2.14. The van der Waals surface area contributed by atoms with Gasteiger partial charge in [0.05, 0.1) is 18.4 Å². The van der Waals surface area contributed by atoms with Crippen LogP contribution in [0.1, 0.15) is 18.5 Å². The highest BCUT2D eigenvalue weighted by Gasteiger charge is 2.09. The Balaban J connectivity index is 2.03. The number of nitrogens with zero attached hydrogens (tertiary/aromatic N) is 2. The number of carbonyl (C=O) groups is 1. The summed E-state index contributed by atoms with van der Waals surface area (Å²) < 4.78 is 1.83. The van der Waals surface area contributed by atoms with E-state index in [0.29, 0.717) is 6.54 Å². The number of hydrogen-bond donors (Lipinski definition) is 2. The topological polar surface area (TPSA) is 59.0 Å². The summed E-state index contributed by atoms with van der Waals surface area (Å²) in [6.45, 7) is 2.31. The predicted octanol–water partition coefficient (Wildman–Crippen LogP) is 1.27. The lowest BCUT2D eigenvalue weighted by molar-refractivity contribution is -0.119. The van der Waals surface area contributed by atoms with E-state index in [1.54, 1.807) is 7.05 Å². The molecule has 0 saturated carbocycles. The van der Waals surface area contributed by atoms with Gasteiger partial charge in [-0.05, 0) is 19.1 Å². The third kappa shape index (κ3) is 3.42. The lowest BCUT2D eigenvalue weighted by atomic mass is 10.2. The second kappa shape index (κ2) is 6.15. The first-order valence-corrected chi connectivity index (χ1v) is 6.24. The van der Waals surface area contributed by atoms with Crippen LogP contribution >= 0.6 is 0 Å². The molecule has 19 heavy (non-hydrogen) atoms. The van der Waals surface area contributed by atoms with E-state index in [0.717, 1.165) is 11.3 Å². The van der Waals surface area contributed by atoms with Gasteiger partial charge in [-0.2, -0.15) is 5.10 Å². The van der Waals surface area contributed by atoms with E-state index in [2.05, 4.69) is 15.7 Å². The standard InChI is InChI=1S/C14H18N4O/c1-11(16-9-14(19)15-2)12-8-17-18(10-12)13-6-4-3-5-7-13/h3-8,10-11,16H,9H2,1-2H3,(H,15,19). The molecule has 1 unspecified atom stereocenters. The number of benzene rings is 1. The van der Waals surface area contributed by atoms with Gasteiger partial charge in [-0.1, -0.05) is 18.2 Å². The Morgan fingerprint density at radius 2 is 2.11 bits per heavy atom. The number of rotatable bonds is 5. The summed E-state index contributed by atoms with van der Waals surface area (Å²) in [4.78, 5) is 11.2. The summed E-state index contributed by atoms with van der Waals surface area (Å²) in [6, 6.07) is 10.0. The average molecular weight is 258 g/mol. The van der Waals surface area contributed by atoms with Gasteiger partial charge in [0.15, 0.2) is 0 Å². The zero-order valence-electron chi connectivity index (χ0n) is 11.1. The molecule has 1 atom stereocenters. The van der Waals surface area contributed by atoms with Crippen molar-refractivity contribution in [3.63, 3.8) is 0 Å². The molecule has 1 aromatic carbocycles. The van der Waals surface area contributed by atoms with Gasteiger partial charge >= 0.3 is 0 Å². The summed E-state index contributed by atoms with van der Waals surface area (Å²) in [6.07, 6.45) is 3.78. The molecule has 0 aliphatic carbocycles. The van der Waals surface area contributed by atoms with Crippen molar-refractivity contribution in [2.75, 3.05) is 13.6 Å². The normalized spacial score (nSPS) is 12.1. The number of carbonyl (C=O) groups excluding carboxylic acids is 1. The number of nitrogens with one attached hydrogen (secondary N) is 2. The number of amides is 1. The van der Waals surface area contributed by atoms with Gasteiger partial charge < -0.3 is 10.6 Å². The van der Waals surface area contributed by atoms with Crippen LogP contribution in [0.5, 0.6) is 0 Å². The third-order valence-electron chi connectivity index (χ3n) is 2.97. The van der Waals surface area contributed by atoms with Gasteiger partial charge in [0, 0.05) is 24.8 Å². The van der Waals surface area contributed by atoms with Crippen molar-refractivity contribution < 1.29 is 4.79 Å². The molecule has 0 aliphatic rings. The molecule has 0 radical (unpaired) electrons. The first-order chi connectivity index (χ1) is 9.20. The summed E-state index contributed by atoms with van der Waals surface area (Å²) in [5.41, 5.74) is 2.07. The number of hydrogen-bond acceptors (Lipinski definition) is 3. The zero-order valence-corrected chi connectivity index (χ0v) is 11.1. The Kier molecular flexibility index (Phi) is 4.30. The monoisotopic (exact) mass is 258 g/mol. The fourth-order valence-electron chi connectivity index (χ4n) is 1.73. The number of aromatic nitrogens is 2. The molecular weight excluding hydrogens is 240 g/mol. The lowest BCUT2D eigenvalue weighted by Gasteiger charge is -2.10.